The summed E-state index contributed by atoms with van der Waals surface area (Å²) in [5.41, 5.74) is 1.53. The van der Waals surface area contributed by atoms with Crippen molar-refractivity contribution in [1.29, 1.82) is 0 Å². The number of aromatic nitrogens is 2. The van der Waals surface area contributed by atoms with E-state index in [1.165, 1.54) is 9.80 Å². The first kappa shape index (κ1) is 19.0. The topological polar surface area (TPSA) is 101 Å². The van der Waals surface area contributed by atoms with Gasteiger partial charge in [-0.05, 0) is 23.3 Å². The fourth-order valence-electron chi connectivity index (χ4n) is 6.01. The monoisotopic (exact) mass is 428 g/mol. The molecule has 8 heteroatoms. The van der Waals surface area contributed by atoms with Gasteiger partial charge in [0.05, 0.1) is 36.8 Å². The molecule has 0 N–H and O–H groups in total. The highest BCUT2D eigenvalue weighted by molar-refractivity contribution is 6.10. The summed E-state index contributed by atoms with van der Waals surface area (Å²) in [5, 5.41) is 0. The largest absolute Gasteiger partial charge is 0.278 e. The van der Waals surface area contributed by atoms with Crippen molar-refractivity contribution in [3.8, 4) is 0 Å². The van der Waals surface area contributed by atoms with Crippen molar-refractivity contribution >= 4 is 23.6 Å². The van der Waals surface area contributed by atoms with Gasteiger partial charge in [0.1, 0.15) is 0 Å². The zero-order valence-corrected chi connectivity index (χ0v) is 17.1. The average molecular weight is 428 g/mol. The maximum absolute atomic E-state index is 13.3. The summed E-state index contributed by atoms with van der Waals surface area (Å²) < 4.78 is 0. The van der Waals surface area contributed by atoms with Crippen molar-refractivity contribution in [3.05, 3.63) is 72.3 Å². The predicted octanol–water partition coefficient (Wildman–Crippen LogP) is 1.20. The number of amides is 4. The van der Waals surface area contributed by atoms with Gasteiger partial charge in [0, 0.05) is 36.6 Å². The quantitative estimate of drug-likeness (QED) is 0.536. The van der Waals surface area contributed by atoms with Crippen molar-refractivity contribution < 1.29 is 19.2 Å². The zero-order chi connectivity index (χ0) is 22.0. The molecule has 4 amide bonds. The number of carbonyl (C=O) groups is 4. The number of carbonyl (C=O) groups excluding carboxylic acids is 4. The van der Waals surface area contributed by atoms with Gasteiger partial charge in [0.2, 0.25) is 23.6 Å². The molecule has 0 radical (unpaired) electrons. The Hall–Kier alpha value is -3.68. The zero-order valence-electron chi connectivity index (χ0n) is 17.1. The Labute approximate surface area is 183 Å². The van der Waals surface area contributed by atoms with Crippen LogP contribution in [0.1, 0.15) is 11.1 Å². The minimum Gasteiger partial charge on any atom is -0.278 e. The van der Waals surface area contributed by atoms with E-state index in [1.54, 1.807) is 36.9 Å². The van der Waals surface area contributed by atoms with E-state index in [-0.39, 0.29) is 36.7 Å². The van der Waals surface area contributed by atoms with Crippen LogP contribution in [0.2, 0.25) is 0 Å². The van der Waals surface area contributed by atoms with Gasteiger partial charge in [-0.1, -0.05) is 24.3 Å². The van der Waals surface area contributed by atoms with Gasteiger partial charge in [-0.3, -0.25) is 38.9 Å². The third-order valence-corrected chi connectivity index (χ3v) is 7.32. The highest BCUT2D eigenvalue weighted by atomic mass is 16.2. The minimum atomic E-state index is -0.592. The number of rotatable bonds is 4. The molecule has 2 bridgehead atoms. The second-order valence-electron chi connectivity index (χ2n) is 8.89. The molecular formula is C24H20N4O4. The van der Waals surface area contributed by atoms with E-state index in [9.17, 15) is 19.2 Å². The van der Waals surface area contributed by atoms with Crippen molar-refractivity contribution in [1.82, 2.24) is 19.8 Å². The van der Waals surface area contributed by atoms with Gasteiger partial charge < -0.3 is 0 Å². The molecule has 160 valence electrons. The SMILES string of the molecule is O=C1C2C3C=CC(C2C(=O)N1Cc1cccnc1)C1C(=O)N(Cc2cccnc2)C(=O)C31. The standard InChI is InChI=1S/C24H20N4O4/c29-21-17-15-5-6-16(18(17)22(30)27(21)11-13-3-1-7-25-9-13)20-19(15)23(31)28(24(20)32)12-14-4-2-8-26-10-14/h1-10,15-20H,11-12H2. The van der Waals surface area contributed by atoms with Crippen LogP contribution in [0.3, 0.4) is 0 Å². The van der Waals surface area contributed by atoms with E-state index in [0.717, 1.165) is 11.1 Å². The Kier molecular flexibility index (Phi) is 4.11. The summed E-state index contributed by atoms with van der Waals surface area (Å²) in [6, 6.07) is 7.16. The third-order valence-electron chi connectivity index (χ3n) is 7.32. The minimum absolute atomic E-state index is 0.155. The molecule has 1 saturated carbocycles. The molecule has 7 rings (SSSR count). The van der Waals surface area contributed by atoms with Crippen LogP contribution in [0.15, 0.2) is 61.2 Å². The molecule has 8 nitrogen and oxygen atoms in total. The molecule has 4 unspecified atom stereocenters. The molecule has 3 aliphatic carbocycles. The Bertz CT molecular complexity index is 1030. The molecule has 2 aliphatic heterocycles. The summed E-state index contributed by atoms with van der Waals surface area (Å²) in [5.74, 6) is -4.28. The van der Waals surface area contributed by atoms with Crippen molar-refractivity contribution in [2.45, 2.75) is 13.1 Å². The summed E-state index contributed by atoms with van der Waals surface area (Å²) in [7, 11) is 0. The lowest BCUT2D eigenvalue weighted by molar-refractivity contribution is -0.140. The molecular weight excluding hydrogens is 408 g/mol. The average Bonchev–Trinajstić information content (AvgIpc) is 3.24. The van der Waals surface area contributed by atoms with Gasteiger partial charge in [-0.25, -0.2) is 0 Å². The van der Waals surface area contributed by atoms with E-state index in [4.69, 9.17) is 0 Å². The van der Waals surface area contributed by atoms with Crippen LogP contribution in [0.5, 0.6) is 0 Å². The lowest BCUT2D eigenvalue weighted by atomic mass is 9.54. The Balaban J connectivity index is 1.31. The number of hydrogen-bond donors (Lipinski definition) is 0. The van der Waals surface area contributed by atoms with Crippen LogP contribution in [0.25, 0.3) is 0 Å². The highest BCUT2D eigenvalue weighted by Gasteiger charge is 2.68. The molecule has 0 aromatic carbocycles. The lowest BCUT2D eigenvalue weighted by Crippen LogP contribution is -2.50. The smallest absolute Gasteiger partial charge is 0.234 e. The number of imide groups is 2. The molecule has 4 atom stereocenters. The van der Waals surface area contributed by atoms with Crippen LogP contribution < -0.4 is 0 Å². The molecule has 2 saturated heterocycles. The summed E-state index contributed by atoms with van der Waals surface area (Å²) in [6.45, 7) is 0.310. The van der Waals surface area contributed by atoms with Crippen LogP contribution >= 0.6 is 0 Å². The number of nitrogens with zero attached hydrogens (tertiary/aromatic N) is 4. The van der Waals surface area contributed by atoms with E-state index in [2.05, 4.69) is 9.97 Å². The van der Waals surface area contributed by atoms with Gasteiger partial charge in [-0.15, -0.1) is 0 Å². The normalized spacial score (nSPS) is 32.6. The molecule has 2 aromatic rings. The van der Waals surface area contributed by atoms with Crippen LogP contribution in [-0.4, -0.2) is 43.4 Å². The van der Waals surface area contributed by atoms with Gasteiger partial charge >= 0.3 is 0 Å². The third kappa shape index (κ3) is 2.55. The fraction of sp³-hybridized carbons (Fsp3) is 0.333. The second kappa shape index (κ2) is 6.91. The Morgan fingerprint density at radius 2 is 1.00 bits per heavy atom. The summed E-state index contributed by atoms with van der Waals surface area (Å²) in [6.07, 6.45) is 10.3. The number of likely N-dealkylation sites (tertiary alicyclic amines) is 2. The molecule has 32 heavy (non-hydrogen) atoms. The number of hydrogen-bond acceptors (Lipinski definition) is 6. The first-order valence-electron chi connectivity index (χ1n) is 10.7. The van der Waals surface area contributed by atoms with Gasteiger partial charge in [0.25, 0.3) is 0 Å². The van der Waals surface area contributed by atoms with Crippen molar-refractivity contribution in [3.63, 3.8) is 0 Å². The lowest BCUT2D eigenvalue weighted by Gasteiger charge is -2.44. The molecule has 2 aromatic heterocycles. The van der Waals surface area contributed by atoms with E-state index >= 15 is 0 Å². The van der Waals surface area contributed by atoms with Crippen molar-refractivity contribution in [2.24, 2.45) is 35.5 Å². The van der Waals surface area contributed by atoms with Crippen LogP contribution in [-0.2, 0) is 32.3 Å². The van der Waals surface area contributed by atoms with E-state index < -0.39 is 35.5 Å². The van der Waals surface area contributed by atoms with E-state index in [0.29, 0.717) is 0 Å². The second-order valence-corrected chi connectivity index (χ2v) is 8.89. The highest BCUT2D eigenvalue weighted by Crippen LogP contribution is 2.58. The van der Waals surface area contributed by atoms with Crippen LogP contribution in [0.4, 0.5) is 0 Å². The number of pyridine rings is 2. The van der Waals surface area contributed by atoms with Gasteiger partial charge in [0.15, 0.2) is 0 Å². The molecule has 4 heterocycles. The Morgan fingerprint density at radius 3 is 1.31 bits per heavy atom. The van der Waals surface area contributed by atoms with Gasteiger partial charge in [-0.2, -0.15) is 0 Å². The molecule has 0 spiro atoms. The fourth-order valence-corrected chi connectivity index (χ4v) is 6.01. The van der Waals surface area contributed by atoms with Crippen molar-refractivity contribution in [2.75, 3.05) is 0 Å². The van der Waals surface area contributed by atoms with Crippen LogP contribution in [0, 0.1) is 35.5 Å². The first-order valence-corrected chi connectivity index (χ1v) is 10.7. The maximum atomic E-state index is 13.3. The maximum Gasteiger partial charge on any atom is 0.234 e. The predicted molar refractivity (Wildman–Crippen MR) is 110 cm³/mol. The molecule has 5 aliphatic rings. The molecule has 3 fully saturated rings. The summed E-state index contributed by atoms with van der Waals surface area (Å²) >= 11 is 0. The van der Waals surface area contributed by atoms with E-state index in [1.807, 2.05) is 24.3 Å². The Morgan fingerprint density at radius 1 is 0.625 bits per heavy atom. The summed E-state index contributed by atoms with van der Waals surface area (Å²) in [4.78, 5) is 64.0. The first-order chi connectivity index (χ1) is 15.6. The number of allylic oxidation sites excluding steroid dienone is 2.